The fourth-order valence-electron chi connectivity index (χ4n) is 3.66. The summed E-state index contributed by atoms with van der Waals surface area (Å²) in [5.74, 6) is -0.861. The fraction of sp³-hybridized carbons (Fsp3) is 0.0690. The third-order valence-electron chi connectivity index (χ3n) is 5.42. The van der Waals surface area contributed by atoms with Gasteiger partial charge in [0, 0.05) is 0 Å². The summed E-state index contributed by atoms with van der Waals surface area (Å²) in [5.41, 5.74) is 9.13. The van der Waals surface area contributed by atoms with E-state index in [0.29, 0.717) is 11.3 Å². The van der Waals surface area contributed by atoms with Gasteiger partial charge >= 0.3 is 0 Å². The Hall–Kier alpha value is -4.89. The molecule has 0 radical (unpaired) electrons. The Labute approximate surface area is 203 Å². The first-order valence-electron chi connectivity index (χ1n) is 11.1. The maximum Gasteiger partial charge on any atom is 0.276 e. The van der Waals surface area contributed by atoms with Gasteiger partial charge in [-0.2, -0.15) is 5.26 Å². The maximum absolute atomic E-state index is 13.0. The molecule has 0 bridgehead atoms. The molecular weight excluding hydrogens is 438 g/mol. The van der Waals surface area contributed by atoms with Crippen molar-refractivity contribution >= 4 is 11.8 Å². The molecule has 0 fully saturated rings. The van der Waals surface area contributed by atoms with Crippen LogP contribution in [0, 0.1) is 11.3 Å². The highest BCUT2D eigenvalue weighted by Crippen LogP contribution is 2.25. The van der Waals surface area contributed by atoms with Crippen LogP contribution in [0.3, 0.4) is 0 Å². The highest BCUT2D eigenvalue weighted by Gasteiger charge is 2.22. The minimum Gasteiger partial charge on any atom is -0.484 e. The fourth-order valence-corrected chi connectivity index (χ4v) is 3.66. The zero-order valence-electron chi connectivity index (χ0n) is 18.8. The minimum atomic E-state index is -0.562. The second-order valence-electron chi connectivity index (χ2n) is 7.79. The summed E-state index contributed by atoms with van der Waals surface area (Å²) >= 11 is 0. The number of amides is 2. The number of hydrogen-bond donors (Lipinski definition) is 2. The predicted molar refractivity (Wildman–Crippen MR) is 133 cm³/mol. The lowest BCUT2D eigenvalue weighted by atomic mass is 9.91. The standard InChI is InChI=1S/C29H23N3O3/c30-19-21-11-13-22(14-12-21)23-15-17-26(18-16-23)35-20-27(33)31-32-29(34)28(24-7-3-1-4-8-24)25-9-5-2-6-10-25/h1-18,28H,20H2,(H,31,33)(H,32,34). The van der Waals surface area contributed by atoms with Crippen LogP contribution in [0.15, 0.2) is 109 Å². The molecule has 0 unspecified atom stereocenters. The molecule has 35 heavy (non-hydrogen) atoms. The van der Waals surface area contributed by atoms with Gasteiger partial charge in [-0.1, -0.05) is 84.9 Å². The Kier molecular flexibility index (Phi) is 7.52. The summed E-state index contributed by atoms with van der Waals surface area (Å²) in [7, 11) is 0. The van der Waals surface area contributed by atoms with Crippen molar-refractivity contribution in [1.29, 1.82) is 5.26 Å². The highest BCUT2D eigenvalue weighted by molar-refractivity contribution is 5.89. The zero-order valence-corrected chi connectivity index (χ0v) is 18.8. The Balaban J connectivity index is 1.32. The third kappa shape index (κ3) is 6.12. The van der Waals surface area contributed by atoms with Crippen LogP contribution in [0.2, 0.25) is 0 Å². The SMILES string of the molecule is N#Cc1ccc(-c2ccc(OCC(=O)NNC(=O)C(c3ccccc3)c3ccccc3)cc2)cc1. The predicted octanol–water partition coefficient (Wildman–Crippen LogP) is 4.58. The van der Waals surface area contributed by atoms with Crippen molar-refractivity contribution in [2.45, 2.75) is 5.92 Å². The first-order chi connectivity index (χ1) is 17.1. The van der Waals surface area contributed by atoms with Crippen molar-refractivity contribution < 1.29 is 14.3 Å². The Bertz CT molecular complexity index is 1270. The summed E-state index contributed by atoms with van der Waals surface area (Å²) < 4.78 is 5.55. The quantitative estimate of drug-likeness (QED) is 0.394. The molecule has 0 spiro atoms. The lowest BCUT2D eigenvalue weighted by Gasteiger charge is -2.18. The van der Waals surface area contributed by atoms with Crippen molar-refractivity contribution in [2.24, 2.45) is 0 Å². The van der Waals surface area contributed by atoms with Gasteiger partial charge in [0.1, 0.15) is 5.75 Å². The number of nitrogens with zero attached hydrogens (tertiary/aromatic N) is 1. The number of carbonyl (C=O) groups excluding carboxylic acids is 2. The van der Waals surface area contributed by atoms with Gasteiger partial charge in [0.15, 0.2) is 6.61 Å². The minimum absolute atomic E-state index is 0.252. The van der Waals surface area contributed by atoms with Crippen LogP contribution in [0.25, 0.3) is 11.1 Å². The second kappa shape index (κ2) is 11.3. The molecule has 2 amide bonds. The van der Waals surface area contributed by atoms with Gasteiger partial charge in [0.05, 0.1) is 17.6 Å². The van der Waals surface area contributed by atoms with Crippen LogP contribution < -0.4 is 15.6 Å². The van der Waals surface area contributed by atoms with E-state index < -0.39 is 11.8 Å². The van der Waals surface area contributed by atoms with Gasteiger partial charge in [-0.3, -0.25) is 20.4 Å². The van der Waals surface area contributed by atoms with E-state index in [4.69, 9.17) is 10.00 Å². The lowest BCUT2D eigenvalue weighted by molar-refractivity contribution is -0.130. The van der Waals surface area contributed by atoms with Gasteiger partial charge in [-0.05, 0) is 46.5 Å². The van der Waals surface area contributed by atoms with Crippen LogP contribution in [-0.2, 0) is 9.59 Å². The highest BCUT2D eigenvalue weighted by atomic mass is 16.5. The molecule has 4 aromatic carbocycles. The molecule has 0 aliphatic rings. The van der Waals surface area contributed by atoms with E-state index in [1.807, 2.05) is 84.9 Å². The molecule has 6 heteroatoms. The smallest absolute Gasteiger partial charge is 0.276 e. The summed E-state index contributed by atoms with van der Waals surface area (Å²) in [5, 5.41) is 8.92. The van der Waals surface area contributed by atoms with Gasteiger partial charge in [0.2, 0.25) is 5.91 Å². The first kappa shape index (κ1) is 23.3. The van der Waals surface area contributed by atoms with Crippen molar-refractivity contribution in [1.82, 2.24) is 10.9 Å². The van der Waals surface area contributed by atoms with E-state index in [1.54, 1.807) is 24.3 Å². The van der Waals surface area contributed by atoms with Gasteiger partial charge in [-0.15, -0.1) is 0 Å². The van der Waals surface area contributed by atoms with Crippen LogP contribution in [0.4, 0.5) is 0 Å². The average molecular weight is 462 g/mol. The molecule has 172 valence electrons. The van der Waals surface area contributed by atoms with Crippen molar-refractivity contribution in [3.05, 3.63) is 126 Å². The molecule has 0 atom stereocenters. The molecule has 0 aliphatic heterocycles. The Morgan fingerprint density at radius 3 is 1.74 bits per heavy atom. The van der Waals surface area contributed by atoms with E-state index in [2.05, 4.69) is 16.9 Å². The van der Waals surface area contributed by atoms with Crippen LogP contribution in [-0.4, -0.2) is 18.4 Å². The molecule has 4 aromatic rings. The summed E-state index contributed by atoms with van der Waals surface area (Å²) in [6.07, 6.45) is 0. The molecular formula is C29H23N3O3. The van der Waals surface area contributed by atoms with Crippen LogP contribution >= 0.6 is 0 Å². The molecule has 0 aromatic heterocycles. The molecule has 4 rings (SSSR count). The third-order valence-corrected chi connectivity index (χ3v) is 5.42. The van der Waals surface area contributed by atoms with Crippen molar-refractivity contribution in [3.8, 4) is 22.9 Å². The number of hydrazine groups is 1. The normalized spacial score (nSPS) is 10.3. The topological polar surface area (TPSA) is 91.2 Å². The molecule has 0 heterocycles. The second-order valence-corrected chi connectivity index (χ2v) is 7.79. The number of carbonyl (C=O) groups is 2. The van der Waals surface area contributed by atoms with Crippen LogP contribution in [0.1, 0.15) is 22.6 Å². The largest absolute Gasteiger partial charge is 0.484 e. The number of rotatable bonds is 7. The Morgan fingerprint density at radius 2 is 1.23 bits per heavy atom. The molecule has 0 aliphatic carbocycles. The lowest BCUT2D eigenvalue weighted by Crippen LogP contribution is -2.46. The summed E-state index contributed by atoms with van der Waals surface area (Å²) in [4.78, 5) is 25.2. The first-order valence-corrected chi connectivity index (χ1v) is 11.1. The van der Waals surface area contributed by atoms with Crippen LogP contribution in [0.5, 0.6) is 5.75 Å². The van der Waals surface area contributed by atoms with Gasteiger partial charge < -0.3 is 4.74 Å². The zero-order chi connectivity index (χ0) is 24.5. The van der Waals surface area contributed by atoms with Gasteiger partial charge in [0.25, 0.3) is 5.91 Å². The summed E-state index contributed by atoms with van der Waals surface area (Å²) in [6, 6.07) is 35.4. The van der Waals surface area contributed by atoms with E-state index in [9.17, 15) is 9.59 Å². The summed E-state index contributed by atoms with van der Waals surface area (Å²) in [6.45, 7) is -0.252. The Morgan fingerprint density at radius 1 is 0.714 bits per heavy atom. The van der Waals surface area contributed by atoms with Gasteiger partial charge in [-0.25, -0.2) is 0 Å². The molecule has 6 nitrogen and oxygen atoms in total. The maximum atomic E-state index is 13.0. The average Bonchev–Trinajstić information content (AvgIpc) is 2.92. The monoisotopic (exact) mass is 461 g/mol. The van der Waals surface area contributed by atoms with E-state index in [0.717, 1.165) is 22.3 Å². The number of nitrogens with one attached hydrogen (secondary N) is 2. The molecule has 0 saturated carbocycles. The molecule has 0 saturated heterocycles. The number of ether oxygens (including phenoxy) is 1. The molecule has 2 N–H and O–H groups in total. The van der Waals surface area contributed by atoms with Crippen molar-refractivity contribution in [3.63, 3.8) is 0 Å². The number of benzene rings is 4. The van der Waals surface area contributed by atoms with Crippen molar-refractivity contribution in [2.75, 3.05) is 6.61 Å². The van der Waals surface area contributed by atoms with E-state index >= 15 is 0 Å². The van der Waals surface area contributed by atoms with E-state index in [-0.39, 0.29) is 12.5 Å². The number of nitriles is 1. The number of hydrogen-bond acceptors (Lipinski definition) is 4. The van der Waals surface area contributed by atoms with E-state index in [1.165, 1.54) is 0 Å².